The summed E-state index contributed by atoms with van der Waals surface area (Å²) in [4.78, 5) is 14.8. The first-order valence-corrected chi connectivity index (χ1v) is 9.73. The zero-order chi connectivity index (χ0) is 20.1. The van der Waals surface area contributed by atoms with Crippen LogP contribution in [0.25, 0.3) is 0 Å². The number of halogens is 2. The first-order chi connectivity index (χ1) is 13.4. The van der Waals surface area contributed by atoms with E-state index in [1.165, 1.54) is 24.3 Å². The normalized spacial score (nSPS) is 11.0. The van der Waals surface area contributed by atoms with Crippen molar-refractivity contribution in [3.05, 3.63) is 94.5 Å². The maximum absolute atomic E-state index is 13.2. The van der Waals surface area contributed by atoms with Crippen LogP contribution in [0.1, 0.15) is 35.5 Å². The highest BCUT2D eigenvalue weighted by atomic mass is 35.5. The average molecular weight is 399 g/mol. The molecule has 0 unspecified atom stereocenters. The molecule has 3 nitrogen and oxygen atoms in total. The average Bonchev–Trinajstić information content (AvgIpc) is 3.07. The van der Waals surface area contributed by atoms with Crippen molar-refractivity contribution in [3.8, 4) is 0 Å². The molecule has 0 aliphatic heterocycles. The van der Waals surface area contributed by atoms with Crippen LogP contribution in [0, 0.1) is 11.7 Å². The Bertz CT molecular complexity index is 934. The molecular formula is C23H24ClFN2O. The Morgan fingerprint density at radius 3 is 2.54 bits per heavy atom. The van der Waals surface area contributed by atoms with Gasteiger partial charge < -0.3 is 9.47 Å². The van der Waals surface area contributed by atoms with Crippen molar-refractivity contribution in [1.82, 2.24) is 9.47 Å². The van der Waals surface area contributed by atoms with E-state index in [1.807, 2.05) is 47.5 Å². The molecule has 28 heavy (non-hydrogen) atoms. The predicted molar refractivity (Wildman–Crippen MR) is 111 cm³/mol. The third-order valence-electron chi connectivity index (χ3n) is 4.48. The number of carbonyl (C=O) groups excluding carboxylic acids is 1. The lowest BCUT2D eigenvalue weighted by Crippen LogP contribution is -2.34. The van der Waals surface area contributed by atoms with E-state index >= 15 is 0 Å². The molecule has 0 atom stereocenters. The minimum absolute atomic E-state index is 0.0933. The molecule has 0 saturated carbocycles. The van der Waals surface area contributed by atoms with Crippen molar-refractivity contribution < 1.29 is 9.18 Å². The third-order valence-corrected chi connectivity index (χ3v) is 4.72. The molecule has 3 rings (SSSR count). The zero-order valence-electron chi connectivity index (χ0n) is 16.1. The molecule has 0 bridgehead atoms. The van der Waals surface area contributed by atoms with Gasteiger partial charge in [-0.05, 0) is 60.0 Å². The van der Waals surface area contributed by atoms with Crippen molar-refractivity contribution in [3.63, 3.8) is 0 Å². The van der Waals surface area contributed by atoms with Gasteiger partial charge in [0.25, 0.3) is 5.91 Å². The molecule has 0 saturated heterocycles. The minimum atomic E-state index is -0.345. The van der Waals surface area contributed by atoms with Gasteiger partial charge in [-0.25, -0.2) is 4.39 Å². The minimum Gasteiger partial charge on any atom is -0.345 e. The standard InChI is InChI=1S/C23H24ClFN2O/c1-17(2)14-27(23(28)19-8-10-21(25)11-9-19)16-22-7-4-12-26(22)15-18-5-3-6-20(24)13-18/h3-13,17H,14-16H2,1-2H3. The maximum Gasteiger partial charge on any atom is 0.254 e. The summed E-state index contributed by atoms with van der Waals surface area (Å²) >= 11 is 6.10. The molecule has 0 N–H and O–H groups in total. The highest BCUT2D eigenvalue weighted by Gasteiger charge is 2.19. The smallest absolute Gasteiger partial charge is 0.254 e. The number of hydrogen-bond acceptors (Lipinski definition) is 1. The molecule has 3 aromatic rings. The number of amides is 1. The number of carbonyl (C=O) groups is 1. The summed E-state index contributed by atoms with van der Waals surface area (Å²) in [5, 5.41) is 0.708. The highest BCUT2D eigenvalue weighted by molar-refractivity contribution is 6.30. The largest absolute Gasteiger partial charge is 0.345 e. The Balaban J connectivity index is 1.81. The first kappa shape index (κ1) is 20.2. The van der Waals surface area contributed by atoms with E-state index in [9.17, 15) is 9.18 Å². The van der Waals surface area contributed by atoms with Crippen LogP contribution in [0.3, 0.4) is 0 Å². The molecule has 1 heterocycles. The van der Waals surface area contributed by atoms with Crippen LogP contribution in [-0.4, -0.2) is 21.9 Å². The van der Waals surface area contributed by atoms with E-state index in [0.717, 1.165) is 11.3 Å². The summed E-state index contributed by atoms with van der Waals surface area (Å²) in [6, 6.07) is 17.5. The fourth-order valence-electron chi connectivity index (χ4n) is 3.21. The fraction of sp³-hybridized carbons (Fsp3) is 0.261. The van der Waals surface area contributed by atoms with Crippen LogP contribution >= 0.6 is 11.6 Å². The van der Waals surface area contributed by atoms with Crippen molar-refractivity contribution in [1.29, 1.82) is 0 Å². The second-order valence-electron chi connectivity index (χ2n) is 7.34. The Labute approximate surface area is 170 Å². The number of benzene rings is 2. The van der Waals surface area contributed by atoms with E-state index in [0.29, 0.717) is 36.1 Å². The Morgan fingerprint density at radius 1 is 1.11 bits per heavy atom. The molecule has 0 spiro atoms. The Morgan fingerprint density at radius 2 is 1.86 bits per heavy atom. The molecule has 1 aromatic heterocycles. The molecule has 1 amide bonds. The molecule has 5 heteroatoms. The molecule has 146 valence electrons. The van der Waals surface area contributed by atoms with Crippen LogP contribution in [-0.2, 0) is 13.1 Å². The fourth-order valence-corrected chi connectivity index (χ4v) is 3.42. The van der Waals surface area contributed by atoms with E-state index in [-0.39, 0.29) is 11.7 Å². The van der Waals surface area contributed by atoms with Gasteiger partial charge in [-0.2, -0.15) is 0 Å². The number of rotatable bonds is 7. The van der Waals surface area contributed by atoms with Crippen molar-refractivity contribution in [2.45, 2.75) is 26.9 Å². The van der Waals surface area contributed by atoms with Crippen molar-refractivity contribution >= 4 is 17.5 Å². The van der Waals surface area contributed by atoms with Gasteiger partial charge in [-0.3, -0.25) is 4.79 Å². The van der Waals surface area contributed by atoms with Gasteiger partial charge in [0.2, 0.25) is 0 Å². The quantitative estimate of drug-likeness (QED) is 0.506. The van der Waals surface area contributed by atoms with Gasteiger partial charge in [0, 0.05) is 35.6 Å². The molecule has 0 radical (unpaired) electrons. The number of nitrogens with zero attached hydrogens (tertiary/aromatic N) is 2. The number of aromatic nitrogens is 1. The molecular weight excluding hydrogens is 375 g/mol. The summed E-state index contributed by atoms with van der Waals surface area (Å²) in [5.41, 5.74) is 2.64. The maximum atomic E-state index is 13.2. The summed E-state index contributed by atoms with van der Waals surface area (Å²) in [5.74, 6) is -0.118. The van der Waals surface area contributed by atoms with Gasteiger partial charge >= 0.3 is 0 Å². The van der Waals surface area contributed by atoms with Gasteiger partial charge in [0.1, 0.15) is 5.82 Å². The van der Waals surface area contributed by atoms with Gasteiger partial charge in [-0.1, -0.05) is 37.6 Å². The molecule has 0 aliphatic carbocycles. The summed E-state index contributed by atoms with van der Waals surface area (Å²) in [7, 11) is 0. The SMILES string of the molecule is CC(C)CN(Cc1cccn1Cc1cccc(Cl)c1)C(=O)c1ccc(F)cc1. The highest BCUT2D eigenvalue weighted by Crippen LogP contribution is 2.17. The van der Waals surface area contributed by atoms with Gasteiger partial charge in [-0.15, -0.1) is 0 Å². The number of hydrogen-bond donors (Lipinski definition) is 0. The lowest BCUT2D eigenvalue weighted by molar-refractivity contribution is 0.0718. The Kier molecular flexibility index (Phi) is 6.53. The second kappa shape index (κ2) is 9.07. The van der Waals surface area contributed by atoms with Crippen LogP contribution in [0.15, 0.2) is 66.9 Å². The zero-order valence-corrected chi connectivity index (χ0v) is 16.9. The lowest BCUT2D eigenvalue weighted by Gasteiger charge is -2.25. The van der Waals surface area contributed by atoms with E-state index < -0.39 is 0 Å². The van der Waals surface area contributed by atoms with E-state index in [1.54, 1.807) is 0 Å². The summed E-state index contributed by atoms with van der Waals surface area (Å²) in [6.45, 7) is 5.95. The summed E-state index contributed by atoms with van der Waals surface area (Å²) in [6.07, 6.45) is 2.01. The van der Waals surface area contributed by atoms with Crippen LogP contribution in [0.2, 0.25) is 5.02 Å². The van der Waals surface area contributed by atoms with Crippen molar-refractivity contribution in [2.24, 2.45) is 5.92 Å². The van der Waals surface area contributed by atoms with E-state index in [4.69, 9.17) is 11.6 Å². The van der Waals surface area contributed by atoms with Crippen LogP contribution in [0.4, 0.5) is 4.39 Å². The first-order valence-electron chi connectivity index (χ1n) is 9.35. The molecule has 0 aliphatic rings. The van der Waals surface area contributed by atoms with Gasteiger partial charge in [0.05, 0.1) is 6.54 Å². The van der Waals surface area contributed by atoms with Crippen LogP contribution < -0.4 is 0 Å². The third kappa shape index (κ3) is 5.23. The lowest BCUT2D eigenvalue weighted by atomic mass is 10.1. The van der Waals surface area contributed by atoms with Crippen molar-refractivity contribution in [2.75, 3.05) is 6.54 Å². The predicted octanol–water partition coefficient (Wildman–Crippen LogP) is 5.63. The van der Waals surface area contributed by atoms with E-state index in [2.05, 4.69) is 18.4 Å². The Hall–Kier alpha value is -2.59. The second-order valence-corrected chi connectivity index (χ2v) is 7.78. The molecule has 2 aromatic carbocycles. The topological polar surface area (TPSA) is 25.2 Å². The van der Waals surface area contributed by atoms with Crippen LogP contribution in [0.5, 0.6) is 0 Å². The molecule has 0 fully saturated rings. The monoisotopic (exact) mass is 398 g/mol. The van der Waals surface area contributed by atoms with Gasteiger partial charge in [0.15, 0.2) is 0 Å². The summed E-state index contributed by atoms with van der Waals surface area (Å²) < 4.78 is 15.3.